The topological polar surface area (TPSA) is 43.4 Å². The summed E-state index contributed by atoms with van der Waals surface area (Å²) in [6.07, 6.45) is 4.99. The molecule has 1 atom stereocenters. The van der Waals surface area contributed by atoms with Gasteiger partial charge in [-0.15, -0.1) is 0 Å². The molecule has 3 heteroatoms. The zero-order valence-corrected chi connectivity index (χ0v) is 10.5. The average Bonchev–Trinajstić information content (AvgIpc) is 2.06. The Morgan fingerprint density at radius 1 is 1.31 bits per heavy atom. The number of esters is 1. The Labute approximate surface area is 96.2 Å². The first-order valence-corrected chi connectivity index (χ1v) is 5.30. The smallest absolute Gasteiger partial charge is 0.303 e. The van der Waals surface area contributed by atoms with Crippen LogP contribution in [0.15, 0.2) is 23.8 Å². The summed E-state index contributed by atoms with van der Waals surface area (Å²) in [5, 5.41) is 0. The van der Waals surface area contributed by atoms with Crippen LogP contribution in [0.4, 0.5) is 0 Å². The highest BCUT2D eigenvalue weighted by molar-refractivity contribution is 6.01. The molecule has 0 radical (unpaired) electrons. The lowest BCUT2D eigenvalue weighted by Gasteiger charge is -2.31. The van der Waals surface area contributed by atoms with Crippen molar-refractivity contribution in [3.05, 3.63) is 23.8 Å². The van der Waals surface area contributed by atoms with Crippen molar-refractivity contribution < 1.29 is 14.3 Å². The molecular weight excluding hydrogens is 204 g/mol. The third-order valence-corrected chi connectivity index (χ3v) is 2.56. The number of allylic oxidation sites excluding steroid dienone is 2. The molecule has 0 heterocycles. The standard InChI is InChI=1S/C13H18O3/c1-9(14)16-13(5)8-10(12(2,3)4)6-7-11(13)15/h6-8H,1-5H3. The van der Waals surface area contributed by atoms with Crippen LogP contribution in [0.3, 0.4) is 0 Å². The average molecular weight is 222 g/mol. The van der Waals surface area contributed by atoms with Gasteiger partial charge in [-0.25, -0.2) is 0 Å². The van der Waals surface area contributed by atoms with E-state index in [1.165, 1.54) is 13.0 Å². The number of carbonyl (C=O) groups excluding carboxylic acids is 2. The Hall–Kier alpha value is -1.38. The maximum Gasteiger partial charge on any atom is 0.303 e. The number of carbonyl (C=O) groups is 2. The second kappa shape index (κ2) is 3.89. The van der Waals surface area contributed by atoms with Gasteiger partial charge in [0.25, 0.3) is 0 Å². The van der Waals surface area contributed by atoms with E-state index in [-0.39, 0.29) is 11.2 Å². The fourth-order valence-corrected chi connectivity index (χ4v) is 1.59. The first kappa shape index (κ1) is 12.7. The Kier molecular flexibility index (Phi) is 3.08. The molecule has 0 saturated carbocycles. The largest absolute Gasteiger partial charge is 0.447 e. The van der Waals surface area contributed by atoms with Crippen molar-refractivity contribution in [2.24, 2.45) is 5.41 Å². The zero-order valence-electron chi connectivity index (χ0n) is 10.5. The van der Waals surface area contributed by atoms with Gasteiger partial charge in [0, 0.05) is 6.92 Å². The van der Waals surface area contributed by atoms with Crippen LogP contribution in [0, 0.1) is 5.41 Å². The van der Waals surface area contributed by atoms with E-state index in [2.05, 4.69) is 0 Å². The number of hydrogen-bond donors (Lipinski definition) is 0. The van der Waals surface area contributed by atoms with Crippen molar-refractivity contribution in [3.8, 4) is 0 Å². The molecule has 1 aliphatic rings. The van der Waals surface area contributed by atoms with Crippen LogP contribution in [0.1, 0.15) is 34.6 Å². The molecule has 0 spiro atoms. The molecule has 1 aliphatic carbocycles. The van der Waals surface area contributed by atoms with Crippen LogP contribution in [0.2, 0.25) is 0 Å². The fourth-order valence-electron chi connectivity index (χ4n) is 1.59. The van der Waals surface area contributed by atoms with E-state index in [0.717, 1.165) is 5.57 Å². The number of ether oxygens (including phenoxy) is 1. The van der Waals surface area contributed by atoms with Gasteiger partial charge in [0.1, 0.15) is 0 Å². The van der Waals surface area contributed by atoms with Gasteiger partial charge in [-0.3, -0.25) is 9.59 Å². The predicted molar refractivity (Wildman–Crippen MR) is 61.9 cm³/mol. The minimum absolute atomic E-state index is 0.0708. The second-order valence-electron chi connectivity index (χ2n) is 5.25. The molecule has 0 amide bonds. The van der Waals surface area contributed by atoms with Crippen LogP contribution >= 0.6 is 0 Å². The van der Waals surface area contributed by atoms with Gasteiger partial charge in [-0.05, 0) is 30.1 Å². The summed E-state index contributed by atoms with van der Waals surface area (Å²) in [6, 6.07) is 0. The molecule has 0 aromatic heterocycles. The highest BCUT2D eigenvalue weighted by atomic mass is 16.6. The van der Waals surface area contributed by atoms with Gasteiger partial charge in [-0.1, -0.05) is 26.8 Å². The van der Waals surface area contributed by atoms with Crippen molar-refractivity contribution in [3.63, 3.8) is 0 Å². The number of rotatable bonds is 1. The van der Waals surface area contributed by atoms with Crippen molar-refractivity contribution in [1.82, 2.24) is 0 Å². The Morgan fingerprint density at radius 2 is 1.88 bits per heavy atom. The molecule has 16 heavy (non-hydrogen) atoms. The molecule has 0 fully saturated rings. The minimum Gasteiger partial charge on any atom is -0.447 e. The van der Waals surface area contributed by atoms with Gasteiger partial charge in [0.15, 0.2) is 5.60 Å². The van der Waals surface area contributed by atoms with Crippen LogP contribution in [0.25, 0.3) is 0 Å². The third-order valence-electron chi connectivity index (χ3n) is 2.56. The van der Waals surface area contributed by atoms with Crippen molar-refractivity contribution in [2.45, 2.75) is 40.2 Å². The van der Waals surface area contributed by atoms with E-state index in [1.54, 1.807) is 19.1 Å². The quantitative estimate of drug-likeness (QED) is 0.640. The normalized spacial score (nSPS) is 25.3. The molecule has 0 aromatic carbocycles. The summed E-state index contributed by atoms with van der Waals surface area (Å²) in [4.78, 5) is 22.7. The molecule has 0 aliphatic heterocycles. The van der Waals surface area contributed by atoms with Crippen molar-refractivity contribution >= 4 is 11.8 Å². The van der Waals surface area contributed by atoms with E-state index < -0.39 is 11.6 Å². The van der Waals surface area contributed by atoms with Crippen molar-refractivity contribution in [2.75, 3.05) is 0 Å². The van der Waals surface area contributed by atoms with Gasteiger partial charge in [0.2, 0.25) is 5.78 Å². The predicted octanol–water partition coefficient (Wildman–Crippen LogP) is 2.42. The fraction of sp³-hybridized carbons (Fsp3) is 0.538. The zero-order chi connectivity index (χ0) is 12.6. The summed E-state index contributed by atoms with van der Waals surface area (Å²) in [5.74, 6) is -0.647. The van der Waals surface area contributed by atoms with Crippen LogP contribution in [0.5, 0.6) is 0 Å². The first-order chi connectivity index (χ1) is 7.15. The molecule has 3 nitrogen and oxygen atoms in total. The van der Waals surface area contributed by atoms with E-state index in [9.17, 15) is 9.59 Å². The maximum atomic E-state index is 11.7. The Morgan fingerprint density at radius 3 is 2.31 bits per heavy atom. The molecule has 1 rings (SSSR count). The summed E-state index contributed by atoms with van der Waals surface area (Å²) in [7, 11) is 0. The summed E-state index contributed by atoms with van der Waals surface area (Å²) >= 11 is 0. The van der Waals surface area contributed by atoms with Gasteiger partial charge in [-0.2, -0.15) is 0 Å². The Bertz CT molecular complexity index is 382. The lowest BCUT2D eigenvalue weighted by molar-refractivity contribution is -0.157. The summed E-state index contributed by atoms with van der Waals surface area (Å²) in [5.41, 5.74) is -0.224. The molecule has 1 unspecified atom stereocenters. The summed E-state index contributed by atoms with van der Waals surface area (Å²) in [6.45, 7) is 9.07. The van der Waals surface area contributed by atoms with Crippen LogP contribution in [-0.4, -0.2) is 17.4 Å². The Balaban J connectivity index is 3.10. The van der Waals surface area contributed by atoms with E-state index in [0.29, 0.717) is 0 Å². The lowest BCUT2D eigenvalue weighted by Crippen LogP contribution is -2.39. The molecule has 0 bridgehead atoms. The summed E-state index contributed by atoms with van der Waals surface area (Å²) < 4.78 is 5.10. The third kappa shape index (κ3) is 2.60. The maximum absolute atomic E-state index is 11.7. The highest BCUT2D eigenvalue weighted by Crippen LogP contribution is 2.33. The molecule has 0 aromatic rings. The number of hydrogen-bond acceptors (Lipinski definition) is 3. The van der Waals surface area contributed by atoms with Crippen LogP contribution < -0.4 is 0 Å². The van der Waals surface area contributed by atoms with Gasteiger partial charge < -0.3 is 4.74 Å². The van der Waals surface area contributed by atoms with E-state index in [1.807, 2.05) is 20.8 Å². The molecule has 0 saturated heterocycles. The molecular formula is C13H18O3. The van der Waals surface area contributed by atoms with E-state index >= 15 is 0 Å². The van der Waals surface area contributed by atoms with Crippen molar-refractivity contribution in [1.29, 1.82) is 0 Å². The van der Waals surface area contributed by atoms with E-state index in [4.69, 9.17) is 4.74 Å². The minimum atomic E-state index is -1.15. The SMILES string of the molecule is CC(=O)OC1(C)C=C(C(C)(C)C)C=CC1=O. The van der Waals surface area contributed by atoms with Gasteiger partial charge >= 0.3 is 5.97 Å². The lowest BCUT2D eigenvalue weighted by atomic mass is 9.79. The second-order valence-corrected chi connectivity index (χ2v) is 5.25. The number of ketones is 1. The monoisotopic (exact) mass is 222 g/mol. The van der Waals surface area contributed by atoms with Gasteiger partial charge in [0.05, 0.1) is 0 Å². The first-order valence-electron chi connectivity index (χ1n) is 5.30. The molecule has 0 N–H and O–H groups in total. The van der Waals surface area contributed by atoms with Crippen LogP contribution in [-0.2, 0) is 14.3 Å². The highest BCUT2D eigenvalue weighted by Gasteiger charge is 2.36. The molecule has 88 valence electrons.